The lowest BCUT2D eigenvalue weighted by molar-refractivity contribution is -0.870. The zero-order chi connectivity index (χ0) is 31.7. The fraction of sp³-hybridized carbons (Fsp3) is 0.875. The van der Waals surface area contributed by atoms with E-state index >= 15 is 0 Å². The standard InChI is InChI=1S/C40H78NO2/c1-6-8-10-12-14-16-18-20-22-24-26-28-30-32-35-39(43-40(42)37-34-38-41(3,4)5)36-33-31-29-27-25-23-21-19-17-15-13-11-9-7-2/h16-19,39H,6-15,20-38H2,1-5H3/q+1. The highest BCUT2D eigenvalue weighted by atomic mass is 16.5. The molecule has 0 aromatic carbocycles. The predicted octanol–water partition coefficient (Wildman–Crippen LogP) is 12.7. The van der Waals surface area contributed by atoms with E-state index in [9.17, 15) is 4.79 Å². The molecule has 0 aromatic heterocycles. The fourth-order valence-corrected chi connectivity index (χ4v) is 5.74. The SMILES string of the molecule is CCCCCCC=CCCCCCCCCC(CCCCCCCCC=CCCCCCC)OC(=O)CCC[N+](C)(C)C. The molecule has 0 spiro atoms. The molecule has 0 aliphatic heterocycles. The van der Waals surface area contributed by atoms with E-state index in [1.54, 1.807) is 0 Å². The van der Waals surface area contributed by atoms with Gasteiger partial charge in [0.2, 0.25) is 0 Å². The molecule has 0 rings (SSSR count). The van der Waals surface area contributed by atoms with Crippen molar-refractivity contribution in [3.8, 4) is 0 Å². The lowest BCUT2D eigenvalue weighted by atomic mass is 10.0. The molecular formula is C40H78NO2+. The first-order chi connectivity index (χ1) is 20.9. The van der Waals surface area contributed by atoms with Crippen LogP contribution >= 0.6 is 0 Å². The summed E-state index contributed by atoms with van der Waals surface area (Å²) in [6.45, 7) is 5.57. The van der Waals surface area contributed by atoms with Crippen LogP contribution in [0.2, 0.25) is 0 Å². The van der Waals surface area contributed by atoms with E-state index in [1.165, 1.54) is 154 Å². The normalized spacial score (nSPS) is 13.0. The van der Waals surface area contributed by atoms with Gasteiger partial charge in [-0.2, -0.15) is 0 Å². The first-order valence-electron chi connectivity index (χ1n) is 19.2. The summed E-state index contributed by atoms with van der Waals surface area (Å²) >= 11 is 0. The Morgan fingerprint density at radius 3 is 1.23 bits per heavy atom. The number of esters is 1. The van der Waals surface area contributed by atoms with E-state index in [0.717, 1.165) is 30.3 Å². The van der Waals surface area contributed by atoms with Crippen LogP contribution in [0.4, 0.5) is 0 Å². The molecule has 0 unspecified atom stereocenters. The molecule has 0 radical (unpaired) electrons. The summed E-state index contributed by atoms with van der Waals surface area (Å²) in [6, 6.07) is 0. The van der Waals surface area contributed by atoms with Gasteiger partial charge in [0.1, 0.15) is 6.10 Å². The van der Waals surface area contributed by atoms with Crippen molar-refractivity contribution < 1.29 is 14.0 Å². The van der Waals surface area contributed by atoms with Crippen molar-refractivity contribution in [3.63, 3.8) is 0 Å². The van der Waals surface area contributed by atoms with E-state index in [1.807, 2.05) is 0 Å². The zero-order valence-electron chi connectivity index (χ0n) is 30.2. The van der Waals surface area contributed by atoms with E-state index in [4.69, 9.17) is 4.74 Å². The van der Waals surface area contributed by atoms with Crippen molar-refractivity contribution in [3.05, 3.63) is 24.3 Å². The average Bonchev–Trinajstić information content (AvgIpc) is 2.96. The van der Waals surface area contributed by atoms with Crippen molar-refractivity contribution in [1.29, 1.82) is 0 Å². The third-order valence-electron chi connectivity index (χ3n) is 8.58. The summed E-state index contributed by atoms with van der Waals surface area (Å²) in [4.78, 5) is 12.6. The lowest BCUT2D eigenvalue weighted by Crippen LogP contribution is -2.35. The van der Waals surface area contributed by atoms with Gasteiger partial charge in [0.25, 0.3) is 0 Å². The Labute approximate surface area is 271 Å². The summed E-state index contributed by atoms with van der Waals surface area (Å²) in [5.74, 6) is 0.0234. The quantitative estimate of drug-likeness (QED) is 0.0322. The smallest absolute Gasteiger partial charge is 0.306 e. The van der Waals surface area contributed by atoms with E-state index < -0.39 is 0 Å². The van der Waals surface area contributed by atoms with Gasteiger partial charge in [-0.3, -0.25) is 4.79 Å². The monoisotopic (exact) mass is 605 g/mol. The van der Waals surface area contributed by atoms with Crippen molar-refractivity contribution in [2.24, 2.45) is 0 Å². The molecule has 3 nitrogen and oxygen atoms in total. The predicted molar refractivity (Wildman–Crippen MR) is 192 cm³/mol. The second-order valence-electron chi connectivity index (χ2n) is 14.3. The highest BCUT2D eigenvalue weighted by Crippen LogP contribution is 2.18. The molecule has 0 amide bonds. The first kappa shape index (κ1) is 41.9. The minimum atomic E-state index is 0.0234. The van der Waals surface area contributed by atoms with Crippen molar-refractivity contribution >= 4 is 5.97 Å². The Balaban J connectivity index is 4.06. The summed E-state index contributed by atoms with van der Waals surface area (Å²) < 4.78 is 6.94. The van der Waals surface area contributed by atoms with Gasteiger partial charge in [-0.15, -0.1) is 0 Å². The van der Waals surface area contributed by atoms with Crippen molar-refractivity contribution in [2.75, 3.05) is 27.7 Å². The van der Waals surface area contributed by atoms with Crippen molar-refractivity contribution in [2.45, 2.75) is 200 Å². The molecule has 3 heteroatoms. The summed E-state index contributed by atoms with van der Waals surface area (Å²) in [7, 11) is 6.56. The number of rotatable bonds is 33. The molecule has 0 saturated carbocycles. The van der Waals surface area contributed by atoms with Gasteiger partial charge in [-0.25, -0.2) is 0 Å². The average molecular weight is 605 g/mol. The fourth-order valence-electron chi connectivity index (χ4n) is 5.74. The van der Waals surface area contributed by atoms with Crippen LogP contribution in [-0.2, 0) is 9.53 Å². The van der Waals surface area contributed by atoms with Crippen LogP contribution in [-0.4, -0.2) is 44.2 Å². The molecule has 0 aliphatic carbocycles. The van der Waals surface area contributed by atoms with E-state index in [2.05, 4.69) is 59.3 Å². The van der Waals surface area contributed by atoms with Crippen LogP contribution in [0.5, 0.6) is 0 Å². The topological polar surface area (TPSA) is 26.3 Å². The van der Waals surface area contributed by atoms with Gasteiger partial charge >= 0.3 is 5.97 Å². The second kappa shape index (κ2) is 32.3. The number of hydrogen-bond acceptors (Lipinski definition) is 2. The Morgan fingerprint density at radius 2 is 0.860 bits per heavy atom. The number of carbonyl (C=O) groups excluding carboxylic acids is 1. The van der Waals surface area contributed by atoms with Crippen LogP contribution < -0.4 is 0 Å². The highest BCUT2D eigenvalue weighted by molar-refractivity contribution is 5.69. The minimum absolute atomic E-state index is 0.0234. The molecular weight excluding hydrogens is 526 g/mol. The van der Waals surface area contributed by atoms with Crippen LogP contribution in [0, 0.1) is 0 Å². The molecule has 0 aliphatic rings. The molecule has 0 bridgehead atoms. The number of nitrogens with zero attached hydrogens (tertiary/aromatic N) is 1. The molecule has 0 aromatic rings. The Kier molecular flexibility index (Phi) is 31.5. The number of ether oxygens (including phenoxy) is 1. The third kappa shape index (κ3) is 35.3. The molecule has 0 fully saturated rings. The van der Waals surface area contributed by atoms with Crippen LogP contribution in [0.1, 0.15) is 194 Å². The molecule has 0 heterocycles. The van der Waals surface area contributed by atoms with Gasteiger partial charge in [-0.05, 0) is 77.0 Å². The van der Waals surface area contributed by atoms with Gasteiger partial charge < -0.3 is 9.22 Å². The number of unbranched alkanes of at least 4 members (excludes halogenated alkanes) is 20. The summed E-state index contributed by atoms with van der Waals surface area (Å²) in [6.07, 6.45) is 44.8. The Morgan fingerprint density at radius 1 is 0.512 bits per heavy atom. The van der Waals surface area contributed by atoms with Gasteiger partial charge in [-0.1, -0.05) is 128 Å². The third-order valence-corrected chi connectivity index (χ3v) is 8.58. The number of hydrogen-bond donors (Lipinski definition) is 0. The molecule has 0 N–H and O–H groups in total. The van der Waals surface area contributed by atoms with Crippen molar-refractivity contribution in [1.82, 2.24) is 0 Å². The molecule has 0 atom stereocenters. The maximum Gasteiger partial charge on any atom is 0.306 e. The van der Waals surface area contributed by atoms with Gasteiger partial charge in [0.15, 0.2) is 0 Å². The molecule has 0 saturated heterocycles. The maximum absolute atomic E-state index is 12.6. The summed E-state index contributed by atoms with van der Waals surface area (Å²) in [5.41, 5.74) is 0. The second-order valence-corrected chi connectivity index (χ2v) is 14.3. The van der Waals surface area contributed by atoms with Gasteiger partial charge in [0, 0.05) is 6.42 Å². The van der Waals surface area contributed by atoms with Crippen LogP contribution in [0.3, 0.4) is 0 Å². The highest BCUT2D eigenvalue weighted by Gasteiger charge is 2.16. The Bertz CT molecular complexity index is 595. The van der Waals surface area contributed by atoms with E-state index in [0.29, 0.717) is 6.42 Å². The first-order valence-corrected chi connectivity index (χ1v) is 19.2. The number of quaternary nitrogens is 1. The number of allylic oxidation sites excluding steroid dienone is 4. The van der Waals surface area contributed by atoms with Gasteiger partial charge in [0.05, 0.1) is 34.1 Å². The zero-order valence-corrected chi connectivity index (χ0v) is 30.2. The summed E-state index contributed by atoms with van der Waals surface area (Å²) in [5, 5.41) is 0. The minimum Gasteiger partial charge on any atom is -0.462 e. The Hall–Kier alpha value is -1.09. The molecule has 43 heavy (non-hydrogen) atoms. The lowest BCUT2D eigenvalue weighted by Gasteiger charge is -2.24. The van der Waals surface area contributed by atoms with Crippen LogP contribution in [0.15, 0.2) is 24.3 Å². The van der Waals surface area contributed by atoms with E-state index in [-0.39, 0.29) is 12.1 Å². The number of carbonyl (C=O) groups is 1. The van der Waals surface area contributed by atoms with Crippen LogP contribution in [0.25, 0.3) is 0 Å². The molecule has 254 valence electrons. The largest absolute Gasteiger partial charge is 0.462 e. The maximum atomic E-state index is 12.6.